The molecule has 2 heterocycles. The molecule has 11 heteroatoms. The first-order chi connectivity index (χ1) is 15.7. The van der Waals surface area contributed by atoms with Gasteiger partial charge in [-0.15, -0.1) is 0 Å². The molecule has 0 aromatic heterocycles. The van der Waals surface area contributed by atoms with Gasteiger partial charge in [-0.2, -0.15) is 0 Å². The van der Waals surface area contributed by atoms with Gasteiger partial charge in [0.1, 0.15) is 11.9 Å². The fourth-order valence-corrected chi connectivity index (χ4v) is 3.71. The van der Waals surface area contributed by atoms with Crippen LogP contribution in [0.1, 0.15) is 20.8 Å². The first-order valence-corrected chi connectivity index (χ1v) is 11.3. The third-order valence-electron chi connectivity index (χ3n) is 5.52. The number of carbonyl (C=O) groups is 3. The largest absolute Gasteiger partial charge is 0.456 e. The van der Waals surface area contributed by atoms with Crippen molar-refractivity contribution in [2.75, 3.05) is 55.7 Å². The average Bonchev–Trinajstić information content (AvgIpc) is 3.16. The van der Waals surface area contributed by atoms with Crippen molar-refractivity contribution in [3.05, 3.63) is 24.0 Å². The minimum atomic E-state index is -0.524. The van der Waals surface area contributed by atoms with Gasteiger partial charge >= 0.3 is 12.1 Å². The van der Waals surface area contributed by atoms with Gasteiger partial charge in [0.15, 0.2) is 6.61 Å². The molecule has 0 aliphatic carbocycles. The smallest absolute Gasteiger partial charge is 0.414 e. The third-order valence-corrected chi connectivity index (χ3v) is 6.13. The van der Waals surface area contributed by atoms with Crippen LogP contribution in [0, 0.1) is 11.7 Å². The molecule has 1 aromatic carbocycles. The second-order valence-electron chi connectivity index (χ2n) is 8.30. The molecule has 0 radical (unpaired) electrons. The molecule has 1 atom stereocenters. The molecule has 2 fully saturated rings. The Morgan fingerprint density at radius 3 is 2.58 bits per heavy atom. The second-order valence-corrected chi connectivity index (χ2v) is 8.74. The number of hydrogen-bond acceptors (Lipinski definition) is 7. The summed E-state index contributed by atoms with van der Waals surface area (Å²) in [5.74, 6) is -1.04. The maximum Gasteiger partial charge on any atom is 0.414 e. The van der Waals surface area contributed by atoms with Crippen molar-refractivity contribution in [3.8, 4) is 0 Å². The van der Waals surface area contributed by atoms with E-state index in [2.05, 4.69) is 5.32 Å². The molecule has 1 aromatic rings. The third kappa shape index (κ3) is 6.31. The molecule has 33 heavy (non-hydrogen) atoms. The van der Waals surface area contributed by atoms with Crippen molar-refractivity contribution in [3.63, 3.8) is 0 Å². The number of halogens is 1. The van der Waals surface area contributed by atoms with E-state index in [0.29, 0.717) is 55.6 Å². The Kier molecular flexibility index (Phi) is 8.06. The highest BCUT2D eigenvalue weighted by molar-refractivity contribution is 7.80. The predicted molar refractivity (Wildman–Crippen MR) is 125 cm³/mol. The Morgan fingerprint density at radius 1 is 1.27 bits per heavy atom. The molecule has 3 rings (SSSR count). The zero-order valence-electron chi connectivity index (χ0n) is 19.0. The van der Waals surface area contributed by atoms with E-state index in [-0.39, 0.29) is 24.5 Å². The number of anilines is 2. The normalized spacial score (nSPS) is 18.4. The molecule has 180 valence electrons. The SMILES string of the molecule is CC(=O)OCC(=O)N1CCN(c2ccc(N3C[C@H](CNC(=S)C(C)C)OC3=O)cc2F)CC1. The van der Waals surface area contributed by atoms with Gasteiger partial charge in [-0.05, 0) is 18.2 Å². The van der Waals surface area contributed by atoms with E-state index in [1.54, 1.807) is 17.0 Å². The first kappa shape index (κ1) is 24.7. The van der Waals surface area contributed by atoms with E-state index < -0.39 is 17.9 Å². The second kappa shape index (κ2) is 10.8. The van der Waals surface area contributed by atoms with Gasteiger partial charge in [-0.1, -0.05) is 26.1 Å². The fourth-order valence-electron chi connectivity index (χ4n) is 3.63. The monoisotopic (exact) mass is 480 g/mol. The summed E-state index contributed by atoms with van der Waals surface area (Å²) in [7, 11) is 0. The predicted octanol–water partition coefficient (Wildman–Crippen LogP) is 1.94. The summed E-state index contributed by atoms with van der Waals surface area (Å²) >= 11 is 5.24. The lowest BCUT2D eigenvalue weighted by atomic mass is 10.2. The Labute approximate surface area is 197 Å². The maximum atomic E-state index is 14.9. The fraction of sp³-hybridized carbons (Fsp3) is 0.545. The van der Waals surface area contributed by atoms with Gasteiger partial charge in [0.2, 0.25) is 0 Å². The Morgan fingerprint density at radius 2 is 1.97 bits per heavy atom. The van der Waals surface area contributed by atoms with Gasteiger partial charge < -0.3 is 24.6 Å². The first-order valence-electron chi connectivity index (χ1n) is 10.9. The molecule has 2 amide bonds. The van der Waals surface area contributed by atoms with Crippen LogP contribution in [0.2, 0.25) is 0 Å². The van der Waals surface area contributed by atoms with E-state index in [9.17, 15) is 18.8 Å². The highest BCUT2D eigenvalue weighted by Gasteiger charge is 2.33. The molecule has 2 aliphatic heterocycles. The summed E-state index contributed by atoms with van der Waals surface area (Å²) in [5.41, 5.74) is 0.823. The number of rotatable bonds is 7. The van der Waals surface area contributed by atoms with Crippen molar-refractivity contribution in [2.24, 2.45) is 5.92 Å². The zero-order chi connectivity index (χ0) is 24.1. The van der Waals surface area contributed by atoms with E-state index in [1.807, 2.05) is 18.7 Å². The van der Waals surface area contributed by atoms with E-state index in [0.717, 1.165) is 0 Å². The summed E-state index contributed by atoms with van der Waals surface area (Å²) in [6.45, 7) is 7.30. The van der Waals surface area contributed by atoms with Crippen LogP contribution in [0.5, 0.6) is 0 Å². The quantitative estimate of drug-likeness (QED) is 0.468. The van der Waals surface area contributed by atoms with Crippen LogP contribution in [0.3, 0.4) is 0 Å². The number of piperazine rings is 1. The number of esters is 1. The molecule has 0 spiro atoms. The average molecular weight is 481 g/mol. The number of nitrogens with one attached hydrogen (secondary N) is 1. The van der Waals surface area contributed by atoms with Crippen molar-refractivity contribution < 1.29 is 28.2 Å². The van der Waals surface area contributed by atoms with E-state index in [1.165, 1.54) is 17.9 Å². The molecule has 1 N–H and O–H groups in total. The van der Waals surface area contributed by atoms with Crippen LogP contribution < -0.4 is 15.1 Å². The molecule has 0 bridgehead atoms. The molecule has 9 nitrogen and oxygen atoms in total. The van der Waals surface area contributed by atoms with Crippen LogP contribution in [0.15, 0.2) is 18.2 Å². The Hall–Kier alpha value is -2.95. The number of cyclic esters (lactones) is 1. The minimum absolute atomic E-state index is 0.198. The number of hydrogen-bond donors (Lipinski definition) is 1. The number of benzene rings is 1. The maximum absolute atomic E-state index is 14.9. The van der Waals surface area contributed by atoms with Crippen molar-refractivity contribution >= 4 is 46.6 Å². The lowest BCUT2D eigenvalue weighted by molar-refractivity contribution is -0.150. The highest BCUT2D eigenvalue weighted by Crippen LogP contribution is 2.28. The molecule has 2 aliphatic rings. The van der Waals surface area contributed by atoms with Crippen LogP contribution in [0.25, 0.3) is 0 Å². The van der Waals surface area contributed by atoms with Crippen LogP contribution in [-0.2, 0) is 19.1 Å². The van der Waals surface area contributed by atoms with Crippen molar-refractivity contribution in [1.82, 2.24) is 10.2 Å². The molecule has 0 saturated carbocycles. The number of amides is 2. The summed E-state index contributed by atoms with van der Waals surface area (Å²) < 4.78 is 25.1. The van der Waals surface area contributed by atoms with E-state index in [4.69, 9.17) is 21.7 Å². The van der Waals surface area contributed by atoms with Crippen LogP contribution in [0.4, 0.5) is 20.6 Å². The summed E-state index contributed by atoms with van der Waals surface area (Å²) in [4.78, 5) is 40.8. The van der Waals surface area contributed by atoms with Crippen molar-refractivity contribution in [1.29, 1.82) is 0 Å². The number of carbonyl (C=O) groups excluding carboxylic acids is 3. The standard InChI is InChI=1S/C22H29FN4O5S/c1-14(2)21(33)24-11-17-12-27(22(30)32-17)16-4-5-19(18(23)10-16)25-6-8-26(9-7-25)20(29)13-31-15(3)28/h4-5,10,14,17H,6-9,11-13H2,1-3H3,(H,24,33)/t17-/m0/s1. The Bertz CT molecular complexity index is 920. The van der Waals surface area contributed by atoms with Gasteiger partial charge in [-0.25, -0.2) is 9.18 Å². The van der Waals surface area contributed by atoms with Gasteiger partial charge in [-0.3, -0.25) is 14.5 Å². The van der Waals surface area contributed by atoms with Crippen LogP contribution in [-0.4, -0.2) is 79.8 Å². The number of nitrogens with zero attached hydrogens (tertiary/aromatic N) is 3. The van der Waals surface area contributed by atoms with Gasteiger partial charge in [0, 0.05) is 39.0 Å². The number of thiocarbonyl (C=S) groups is 1. The number of ether oxygens (including phenoxy) is 2. The molecule has 2 saturated heterocycles. The van der Waals surface area contributed by atoms with Crippen LogP contribution >= 0.6 is 12.2 Å². The summed E-state index contributed by atoms with van der Waals surface area (Å²) in [5, 5.41) is 3.10. The minimum Gasteiger partial charge on any atom is -0.456 e. The van der Waals surface area contributed by atoms with Gasteiger partial charge in [0.25, 0.3) is 5.91 Å². The zero-order valence-corrected chi connectivity index (χ0v) is 19.8. The summed E-state index contributed by atoms with van der Waals surface area (Å²) in [6.07, 6.45) is -0.904. The molecule has 0 unspecified atom stereocenters. The lowest BCUT2D eigenvalue weighted by Crippen LogP contribution is -2.50. The van der Waals surface area contributed by atoms with E-state index >= 15 is 0 Å². The molecular formula is C22H29FN4O5S. The molecular weight excluding hydrogens is 451 g/mol. The topological polar surface area (TPSA) is 91.4 Å². The summed E-state index contributed by atoms with van der Waals surface area (Å²) in [6, 6.07) is 4.64. The van der Waals surface area contributed by atoms with Crippen molar-refractivity contribution in [2.45, 2.75) is 26.9 Å². The van der Waals surface area contributed by atoms with Gasteiger partial charge in [0.05, 0.1) is 29.5 Å². The lowest BCUT2D eigenvalue weighted by Gasteiger charge is -2.36. The Balaban J connectivity index is 1.56. The highest BCUT2D eigenvalue weighted by atomic mass is 32.1.